The minimum Gasteiger partial charge on any atom is -0.497 e. The molecule has 0 radical (unpaired) electrons. The zero-order chi connectivity index (χ0) is 19.4. The molecule has 0 aliphatic carbocycles. The maximum Gasteiger partial charge on any atom is 0.255 e. The summed E-state index contributed by atoms with van der Waals surface area (Å²) < 4.78 is 10.8. The van der Waals surface area contributed by atoms with Crippen LogP contribution in [-0.2, 0) is 10.2 Å². The zero-order valence-electron chi connectivity index (χ0n) is 16.5. The highest BCUT2D eigenvalue weighted by Gasteiger charge is 2.18. The van der Waals surface area contributed by atoms with Gasteiger partial charge in [-0.15, -0.1) is 0 Å². The molecule has 0 saturated carbocycles. The van der Waals surface area contributed by atoms with Gasteiger partial charge >= 0.3 is 0 Å². The Kier molecular flexibility index (Phi) is 5.71. The topological polar surface area (TPSA) is 50.8 Å². The lowest BCUT2D eigenvalue weighted by Crippen LogP contribution is -2.36. The van der Waals surface area contributed by atoms with E-state index in [0.717, 1.165) is 24.5 Å². The van der Waals surface area contributed by atoms with E-state index in [1.165, 1.54) is 5.56 Å². The van der Waals surface area contributed by atoms with Crippen LogP contribution in [0, 0.1) is 0 Å². The number of nitrogens with one attached hydrogen (secondary N) is 1. The minimum absolute atomic E-state index is 0.0608. The summed E-state index contributed by atoms with van der Waals surface area (Å²) in [5.41, 5.74) is 3.64. The summed E-state index contributed by atoms with van der Waals surface area (Å²) in [7, 11) is 1.63. The van der Waals surface area contributed by atoms with Crippen molar-refractivity contribution in [2.75, 3.05) is 43.6 Å². The largest absolute Gasteiger partial charge is 0.497 e. The van der Waals surface area contributed by atoms with Gasteiger partial charge in [-0.2, -0.15) is 0 Å². The second-order valence-corrected chi connectivity index (χ2v) is 7.76. The Morgan fingerprint density at radius 1 is 1.07 bits per heavy atom. The fourth-order valence-corrected chi connectivity index (χ4v) is 3.14. The lowest BCUT2D eigenvalue weighted by Gasteiger charge is -2.30. The summed E-state index contributed by atoms with van der Waals surface area (Å²) in [6.45, 7) is 9.46. The number of amides is 1. The van der Waals surface area contributed by atoms with Crippen molar-refractivity contribution in [3.05, 3.63) is 53.6 Å². The zero-order valence-corrected chi connectivity index (χ0v) is 16.5. The molecule has 27 heavy (non-hydrogen) atoms. The number of hydrogen-bond donors (Lipinski definition) is 1. The van der Waals surface area contributed by atoms with Crippen molar-refractivity contribution in [3.8, 4) is 5.75 Å². The average molecular weight is 368 g/mol. The smallest absolute Gasteiger partial charge is 0.255 e. The molecule has 5 heteroatoms. The number of hydrogen-bond acceptors (Lipinski definition) is 4. The van der Waals surface area contributed by atoms with E-state index >= 15 is 0 Å². The summed E-state index contributed by atoms with van der Waals surface area (Å²) in [5, 5.41) is 3.06. The molecule has 2 aromatic rings. The molecule has 2 aromatic carbocycles. The lowest BCUT2D eigenvalue weighted by molar-refractivity contribution is 0.102. The van der Waals surface area contributed by atoms with E-state index in [4.69, 9.17) is 9.47 Å². The number of ether oxygens (including phenoxy) is 2. The first-order valence-electron chi connectivity index (χ1n) is 9.31. The molecule has 1 saturated heterocycles. The van der Waals surface area contributed by atoms with Gasteiger partial charge in [0.05, 0.1) is 31.7 Å². The highest BCUT2D eigenvalue weighted by atomic mass is 16.5. The number of carbonyl (C=O) groups excluding carboxylic acids is 1. The van der Waals surface area contributed by atoms with Crippen LogP contribution in [0.4, 0.5) is 11.4 Å². The molecule has 1 N–H and O–H groups in total. The molecule has 1 heterocycles. The van der Waals surface area contributed by atoms with Gasteiger partial charge in [0.15, 0.2) is 0 Å². The van der Waals surface area contributed by atoms with Gasteiger partial charge in [0.25, 0.3) is 5.91 Å². The molecule has 0 aromatic heterocycles. The molecule has 1 amide bonds. The van der Waals surface area contributed by atoms with Crippen molar-refractivity contribution >= 4 is 17.3 Å². The molecule has 3 rings (SSSR count). The van der Waals surface area contributed by atoms with Crippen LogP contribution < -0.4 is 15.0 Å². The third kappa shape index (κ3) is 4.61. The van der Waals surface area contributed by atoms with Crippen LogP contribution in [0.25, 0.3) is 0 Å². The van der Waals surface area contributed by atoms with E-state index in [1.54, 1.807) is 7.11 Å². The van der Waals surface area contributed by atoms with Crippen molar-refractivity contribution in [1.29, 1.82) is 0 Å². The van der Waals surface area contributed by atoms with Crippen LogP contribution >= 0.6 is 0 Å². The third-order valence-electron chi connectivity index (χ3n) is 4.82. The maximum atomic E-state index is 12.8. The second kappa shape index (κ2) is 8.01. The van der Waals surface area contributed by atoms with Crippen LogP contribution in [-0.4, -0.2) is 39.3 Å². The van der Waals surface area contributed by atoms with E-state index in [0.29, 0.717) is 24.5 Å². The fourth-order valence-electron chi connectivity index (χ4n) is 3.14. The molecule has 1 fully saturated rings. The Balaban J connectivity index is 1.83. The molecule has 1 aliphatic heterocycles. The van der Waals surface area contributed by atoms with Crippen molar-refractivity contribution in [1.82, 2.24) is 0 Å². The molecule has 1 aliphatic rings. The van der Waals surface area contributed by atoms with E-state index in [9.17, 15) is 4.79 Å². The molecule has 0 unspecified atom stereocenters. The van der Waals surface area contributed by atoms with E-state index in [2.05, 4.69) is 31.0 Å². The summed E-state index contributed by atoms with van der Waals surface area (Å²) in [5.74, 6) is 0.587. The number of nitrogens with zero attached hydrogens (tertiary/aromatic N) is 1. The molecular formula is C22H28N2O3. The number of anilines is 2. The number of morpholine rings is 1. The third-order valence-corrected chi connectivity index (χ3v) is 4.82. The molecule has 144 valence electrons. The van der Waals surface area contributed by atoms with Gasteiger partial charge in [0.2, 0.25) is 0 Å². The Labute approximate surface area is 161 Å². The number of rotatable bonds is 4. The van der Waals surface area contributed by atoms with Crippen LogP contribution in [0.15, 0.2) is 42.5 Å². The van der Waals surface area contributed by atoms with Crippen molar-refractivity contribution < 1.29 is 14.3 Å². The molecule has 5 nitrogen and oxygen atoms in total. The van der Waals surface area contributed by atoms with Gasteiger partial charge in [-0.1, -0.05) is 32.9 Å². The monoisotopic (exact) mass is 368 g/mol. The molecule has 0 atom stereocenters. The Morgan fingerprint density at radius 2 is 1.74 bits per heavy atom. The minimum atomic E-state index is -0.127. The van der Waals surface area contributed by atoms with Gasteiger partial charge in [-0.25, -0.2) is 0 Å². The quantitative estimate of drug-likeness (QED) is 0.883. The first-order valence-corrected chi connectivity index (χ1v) is 9.31. The summed E-state index contributed by atoms with van der Waals surface area (Å²) in [6.07, 6.45) is 0. The van der Waals surface area contributed by atoms with Crippen molar-refractivity contribution in [3.63, 3.8) is 0 Å². The second-order valence-electron chi connectivity index (χ2n) is 7.76. The summed E-state index contributed by atoms with van der Waals surface area (Å²) in [4.78, 5) is 15.0. The van der Waals surface area contributed by atoms with Crippen LogP contribution in [0.1, 0.15) is 36.7 Å². The number of benzene rings is 2. The van der Waals surface area contributed by atoms with Crippen LogP contribution in [0.3, 0.4) is 0 Å². The van der Waals surface area contributed by atoms with Gasteiger partial charge in [-0.05, 0) is 35.2 Å². The maximum absolute atomic E-state index is 12.8. The average Bonchev–Trinajstić information content (AvgIpc) is 2.68. The van der Waals surface area contributed by atoms with E-state index in [1.807, 2.05) is 42.5 Å². The predicted molar refractivity (Wildman–Crippen MR) is 109 cm³/mol. The van der Waals surface area contributed by atoms with E-state index < -0.39 is 0 Å². The van der Waals surface area contributed by atoms with Crippen LogP contribution in [0.2, 0.25) is 0 Å². The normalized spacial score (nSPS) is 14.7. The Morgan fingerprint density at radius 3 is 2.33 bits per heavy atom. The van der Waals surface area contributed by atoms with Gasteiger partial charge < -0.3 is 19.7 Å². The van der Waals surface area contributed by atoms with Gasteiger partial charge in [-0.3, -0.25) is 4.79 Å². The molecule has 0 bridgehead atoms. The number of carbonyl (C=O) groups is 1. The molecular weight excluding hydrogens is 340 g/mol. The highest BCUT2D eigenvalue weighted by Crippen LogP contribution is 2.31. The van der Waals surface area contributed by atoms with Crippen molar-refractivity contribution in [2.24, 2.45) is 0 Å². The van der Waals surface area contributed by atoms with Gasteiger partial charge in [0.1, 0.15) is 5.75 Å². The Hall–Kier alpha value is -2.53. The van der Waals surface area contributed by atoms with E-state index in [-0.39, 0.29) is 11.3 Å². The van der Waals surface area contributed by atoms with Gasteiger partial charge in [0, 0.05) is 24.7 Å². The standard InChI is InChI=1S/C22H28N2O3/c1-22(2,3)17-7-5-16(6-8-17)21(25)23-19-15-18(26-4)9-10-20(19)24-11-13-27-14-12-24/h5-10,15H,11-14H2,1-4H3,(H,23,25). The van der Waals surface area contributed by atoms with Crippen LogP contribution in [0.5, 0.6) is 5.75 Å². The summed E-state index contributed by atoms with van der Waals surface area (Å²) in [6, 6.07) is 13.6. The summed E-state index contributed by atoms with van der Waals surface area (Å²) >= 11 is 0. The van der Waals surface area contributed by atoms with Crippen molar-refractivity contribution in [2.45, 2.75) is 26.2 Å². The predicted octanol–water partition coefficient (Wildman–Crippen LogP) is 4.08. The first kappa shape index (κ1) is 19.2. The SMILES string of the molecule is COc1ccc(N2CCOCC2)c(NC(=O)c2ccc(C(C)(C)C)cc2)c1. The first-order chi connectivity index (χ1) is 12.9. The Bertz CT molecular complexity index is 788. The molecule has 0 spiro atoms. The number of methoxy groups -OCH3 is 1. The fraction of sp³-hybridized carbons (Fsp3) is 0.409. The lowest BCUT2D eigenvalue weighted by atomic mass is 9.87. The highest BCUT2D eigenvalue weighted by molar-refractivity contribution is 6.06.